The van der Waals surface area contributed by atoms with Gasteiger partial charge in [0.25, 0.3) is 0 Å². The van der Waals surface area contributed by atoms with Crippen LogP contribution in [0.2, 0.25) is 0 Å². The second-order valence-corrected chi connectivity index (χ2v) is 8.38. The quantitative estimate of drug-likeness (QED) is 0.340. The number of carbonyl (C=O) groups is 1. The van der Waals surface area contributed by atoms with Crippen LogP contribution in [0.15, 0.2) is 79.0 Å². The molecule has 4 aromatic rings. The fourth-order valence-corrected chi connectivity index (χ4v) is 4.50. The summed E-state index contributed by atoms with van der Waals surface area (Å²) >= 11 is 0. The van der Waals surface area contributed by atoms with Gasteiger partial charge >= 0.3 is 0 Å². The first-order chi connectivity index (χ1) is 16.6. The zero-order valence-electron chi connectivity index (χ0n) is 20.1. The maximum Gasteiger partial charge on any atom is 0.220 e. The van der Waals surface area contributed by atoms with Crippen molar-refractivity contribution in [2.24, 2.45) is 0 Å². The molecule has 176 valence electrons. The molecule has 1 aromatic heterocycles. The number of rotatable bonds is 10. The number of carbonyl (C=O) groups excluding carboxylic acids is 1. The van der Waals surface area contributed by atoms with Crippen LogP contribution in [0.3, 0.4) is 0 Å². The molecule has 0 saturated carbocycles. The van der Waals surface area contributed by atoms with Crippen molar-refractivity contribution in [2.75, 3.05) is 20.8 Å². The zero-order valence-corrected chi connectivity index (χ0v) is 20.1. The Morgan fingerprint density at radius 3 is 2.29 bits per heavy atom. The number of aryl methyl sites for hydroxylation is 1. The first-order valence-corrected chi connectivity index (χ1v) is 11.7. The van der Waals surface area contributed by atoms with Crippen molar-refractivity contribution in [3.05, 3.63) is 95.7 Å². The lowest BCUT2D eigenvalue weighted by molar-refractivity contribution is -0.121. The lowest BCUT2D eigenvalue weighted by Gasteiger charge is -2.19. The summed E-state index contributed by atoms with van der Waals surface area (Å²) in [6, 6.07) is 24.4. The second kappa shape index (κ2) is 10.9. The van der Waals surface area contributed by atoms with Gasteiger partial charge in [0.1, 0.15) is 11.5 Å². The summed E-state index contributed by atoms with van der Waals surface area (Å²) in [5.74, 6) is 1.31. The van der Waals surface area contributed by atoms with Crippen LogP contribution in [0, 0.1) is 0 Å². The number of nitrogens with zero attached hydrogens (tertiary/aromatic N) is 1. The van der Waals surface area contributed by atoms with E-state index in [9.17, 15) is 4.79 Å². The number of hydrogen-bond donors (Lipinski definition) is 1. The summed E-state index contributed by atoms with van der Waals surface area (Å²) in [5.41, 5.74) is 4.51. The van der Waals surface area contributed by atoms with Crippen molar-refractivity contribution in [1.82, 2.24) is 9.88 Å². The molecule has 3 aromatic carbocycles. The Hall–Kier alpha value is -3.73. The molecule has 0 unspecified atom stereocenters. The van der Waals surface area contributed by atoms with Gasteiger partial charge in [-0.25, -0.2) is 0 Å². The summed E-state index contributed by atoms with van der Waals surface area (Å²) in [5, 5.41) is 4.28. The minimum atomic E-state index is -0.140. The Morgan fingerprint density at radius 2 is 1.62 bits per heavy atom. The first-order valence-electron chi connectivity index (χ1n) is 11.7. The Kier molecular flexibility index (Phi) is 7.53. The van der Waals surface area contributed by atoms with E-state index < -0.39 is 0 Å². The molecule has 0 saturated heterocycles. The maximum atomic E-state index is 13.1. The fourth-order valence-electron chi connectivity index (χ4n) is 4.50. The molecule has 0 fully saturated rings. The summed E-state index contributed by atoms with van der Waals surface area (Å²) in [6.45, 7) is 3.60. The average Bonchev–Trinajstić information content (AvgIpc) is 3.26. The Morgan fingerprint density at radius 1 is 0.941 bits per heavy atom. The van der Waals surface area contributed by atoms with Gasteiger partial charge in [-0.1, -0.05) is 48.5 Å². The van der Waals surface area contributed by atoms with E-state index in [2.05, 4.69) is 59.4 Å². The standard InChI is InChI=1S/C29H32N2O3/c1-4-31-20-27(25-12-8-9-13-28(25)31)26(22-16-23(33-2)18-24(17-22)34-3)19-29(32)30-15-14-21-10-6-5-7-11-21/h5-13,16-18,20,26H,4,14-15,19H2,1-3H3,(H,30,32)/t26-/m0/s1. The number of amides is 1. The van der Waals surface area contributed by atoms with Crippen LogP contribution >= 0.6 is 0 Å². The molecule has 34 heavy (non-hydrogen) atoms. The van der Waals surface area contributed by atoms with Gasteiger partial charge in [-0.15, -0.1) is 0 Å². The predicted octanol–water partition coefficient (Wildman–Crippen LogP) is 5.56. The number of methoxy groups -OCH3 is 2. The third-order valence-corrected chi connectivity index (χ3v) is 6.28. The molecule has 0 aliphatic rings. The highest BCUT2D eigenvalue weighted by molar-refractivity contribution is 5.86. The number of aromatic nitrogens is 1. The largest absolute Gasteiger partial charge is 0.497 e. The molecule has 1 heterocycles. The van der Waals surface area contributed by atoms with Gasteiger partial charge in [-0.05, 0) is 48.2 Å². The number of benzene rings is 3. The summed E-state index contributed by atoms with van der Waals surface area (Å²) in [7, 11) is 3.29. The van der Waals surface area contributed by atoms with Crippen LogP contribution in [0.1, 0.15) is 36.0 Å². The van der Waals surface area contributed by atoms with Crippen molar-refractivity contribution in [3.63, 3.8) is 0 Å². The van der Waals surface area contributed by atoms with Crippen molar-refractivity contribution < 1.29 is 14.3 Å². The Labute approximate surface area is 201 Å². The van der Waals surface area contributed by atoms with E-state index in [1.165, 1.54) is 11.1 Å². The van der Waals surface area contributed by atoms with Crippen molar-refractivity contribution in [3.8, 4) is 11.5 Å². The molecule has 5 heteroatoms. The summed E-state index contributed by atoms with van der Waals surface area (Å²) < 4.78 is 13.3. The minimum Gasteiger partial charge on any atom is -0.497 e. The lowest BCUT2D eigenvalue weighted by atomic mass is 9.87. The molecule has 1 amide bonds. The van der Waals surface area contributed by atoms with E-state index in [1.54, 1.807) is 14.2 Å². The van der Waals surface area contributed by atoms with Gasteiger partial charge in [0, 0.05) is 48.6 Å². The highest BCUT2D eigenvalue weighted by Crippen LogP contribution is 2.37. The molecule has 4 rings (SSSR count). The van der Waals surface area contributed by atoms with E-state index in [0.717, 1.165) is 29.5 Å². The number of para-hydroxylation sites is 1. The molecule has 1 N–H and O–H groups in total. The maximum absolute atomic E-state index is 13.1. The predicted molar refractivity (Wildman–Crippen MR) is 137 cm³/mol. The SMILES string of the molecule is CCn1cc([C@@H](CC(=O)NCCc2ccccc2)c2cc(OC)cc(OC)c2)c2ccccc21. The topological polar surface area (TPSA) is 52.5 Å². The van der Waals surface area contributed by atoms with Crippen LogP contribution in [0.4, 0.5) is 0 Å². The lowest BCUT2D eigenvalue weighted by Crippen LogP contribution is -2.27. The first kappa shape index (κ1) is 23.4. The second-order valence-electron chi connectivity index (χ2n) is 8.38. The van der Waals surface area contributed by atoms with E-state index >= 15 is 0 Å². The third kappa shape index (κ3) is 5.25. The number of nitrogens with one attached hydrogen (secondary N) is 1. The van der Waals surface area contributed by atoms with Crippen LogP contribution in [0.5, 0.6) is 11.5 Å². The Bertz CT molecular complexity index is 1220. The van der Waals surface area contributed by atoms with Gasteiger partial charge in [-0.2, -0.15) is 0 Å². The van der Waals surface area contributed by atoms with Crippen LogP contribution < -0.4 is 14.8 Å². The smallest absolute Gasteiger partial charge is 0.220 e. The number of hydrogen-bond acceptors (Lipinski definition) is 3. The minimum absolute atomic E-state index is 0.0241. The van der Waals surface area contributed by atoms with Crippen LogP contribution in [-0.4, -0.2) is 31.2 Å². The van der Waals surface area contributed by atoms with Crippen LogP contribution in [-0.2, 0) is 17.8 Å². The normalized spacial score (nSPS) is 11.9. The summed E-state index contributed by atoms with van der Waals surface area (Å²) in [6.07, 6.45) is 3.32. The van der Waals surface area contributed by atoms with Crippen molar-refractivity contribution >= 4 is 16.8 Å². The summed E-state index contributed by atoms with van der Waals surface area (Å²) in [4.78, 5) is 13.1. The van der Waals surface area contributed by atoms with Crippen molar-refractivity contribution in [2.45, 2.75) is 32.2 Å². The third-order valence-electron chi connectivity index (χ3n) is 6.28. The number of ether oxygens (including phenoxy) is 2. The van der Waals surface area contributed by atoms with Gasteiger partial charge in [0.05, 0.1) is 14.2 Å². The van der Waals surface area contributed by atoms with Gasteiger partial charge in [-0.3, -0.25) is 4.79 Å². The fraction of sp³-hybridized carbons (Fsp3) is 0.276. The molecule has 0 bridgehead atoms. The molecule has 0 radical (unpaired) electrons. The van der Waals surface area contributed by atoms with Gasteiger partial charge in [0.2, 0.25) is 5.91 Å². The molecular weight excluding hydrogens is 424 g/mol. The van der Waals surface area contributed by atoms with E-state index in [-0.39, 0.29) is 11.8 Å². The molecule has 5 nitrogen and oxygen atoms in total. The average molecular weight is 457 g/mol. The Balaban J connectivity index is 1.66. The number of fused-ring (bicyclic) bond motifs is 1. The van der Waals surface area contributed by atoms with E-state index in [1.807, 2.05) is 36.4 Å². The molecule has 0 spiro atoms. The van der Waals surface area contributed by atoms with Gasteiger partial charge < -0.3 is 19.4 Å². The van der Waals surface area contributed by atoms with E-state index in [0.29, 0.717) is 24.5 Å². The molecular formula is C29H32N2O3. The highest BCUT2D eigenvalue weighted by Gasteiger charge is 2.24. The van der Waals surface area contributed by atoms with Crippen LogP contribution in [0.25, 0.3) is 10.9 Å². The van der Waals surface area contributed by atoms with Gasteiger partial charge in [0.15, 0.2) is 0 Å². The monoisotopic (exact) mass is 456 g/mol. The molecule has 0 aliphatic carbocycles. The zero-order chi connectivity index (χ0) is 23.9. The van der Waals surface area contributed by atoms with E-state index in [4.69, 9.17) is 9.47 Å². The highest BCUT2D eigenvalue weighted by atomic mass is 16.5. The van der Waals surface area contributed by atoms with Crippen molar-refractivity contribution in [1.29, 1.82) is 0 Å². The molecule has 0 aliphatic heterocycles. The molecule has 1 atom stereocenters.